The van der Waals surface area contributed by atoms with Crippen molar-refractivity contribution in [1.82, 2.24) is 5.32 Å². The number of halogens is 1. The Balaban J connectivity index is 2.42. The number of aryl methyl sites for hydroxylation is 2. The Morgan fingerprint density at radius 2 is 1.68 bits per heavy atom. The Bertz CT molecular complexity index is 714. The lowest BCUT2D eigenvalue weighted by molar-refractivity contribution is 0.0919. The van der Waals surface area contributed by atoms with Crippen LogP contribution in [0.25, 0.3) is 11.1 Å². The van der Waals surface area contributed by atoms with Gasteiger partial charge in [0.25, 0.3) is 5.91 Å². The molecule has 0 saturated heterocycles. The fourth-order valence-electron chi connectivity index (χ4n) is 2.27. The molecule has 0 fully saturated rings. The standard InChI is InChI=1S/C19H22FNO/c1-12-8-15(14-7-6-13(2)17(20)11-14)10-16(9-12)18(22)21-19(3,4)5/h6-11H,1-5H3,(H,21,22). The molecule has 3 heteroatoms. The molecule has 2 aromatic carbocycles. The van der Waals surface area contributed by atoms with E-state index in [1.807, 2.05) is 45.9 Å². The molecule has 0 aliphatic carbocycles. The topological polar surface area (TPSA) is 29.1 Å². The molecular weight excluding hydrogens is 277 g/mol. The zero-order chi connectivity index (χ0) is 16.5. The van der Waals surface area contributed by atoms with E-state index in [0.29, 0.717) is 11.1 Å². The average Bonchev–Trinajstić information content (AvgIpc) is 2.39. The lowest BCUT2D eigenvalue weighted by atomic mass is 9.98. The van der Waals surface area contributed by atoms with Gasteiger partial charge < -0.3 is 5.32 Å². The van der Waals surface area contributed by atoms with E-state index in [1.54, 1.807) is 19.1 Å². The molecule has 0 heterocycles. The van der Waals surface area contributed by atoms with Gasteiger partial charge in [0.2, 0.25) is 0 Å². The molecule has 0 aromatic heterocycles. The molecule has 0 spiro atoms. The number of benzene rings is 2. The normalized spacial score (nSPS) is 11.4. The van der Waals surface area contributed by atoms with Crippen LogP contribution in [0.15, 0.2) is 36.4 Å². The maximum atomic E-state index is 13.8. The molecule has 22 heavy (non-hydrogen) atoms. The van der Waals surface area contributed by atoms with Crippen LogP contribution in [0.5, 0.6) is 0 Å². The molecular formula is C19H22FNO. The number of hydrogen-bond donors (Lipinski definition) is 1. The number of carbonyl (C=O) groups is 1. The molecule has 0 unspecified atom stereocenters. The minimum Gasteiger partial charge on any atom is -0.347 e. The molecule has 0 bridgehead atoms. The first-order valence-corrected chi connectivity index (χ1v) is 7.36. The summed E-state index contributed by atoms with van der Waals surface area (Å²) in [6, 6.07) is 10.7. The third-order valence-electron chi connectivity index (χ3n) is 3.33. The summed E-state index contributed by atoms with van der Waals surface area (Å²) in [5, 5.41) is 2.95. The van der Waals surface area contributed by atoms with Gasteiger partial charge in [-0.15, -0.1) is 0 Å². The monoisotopic (exact) mass is 299 g/mol. The van der Waals surface area contributed by atoms with Crippen molar-refractivity contribution in [2.24, 2.45) is 0 Å². The average molecular weight is 299 g/mol. The Labute approximate surface area is 131 Å². The van der Waals surface area contributed by atoms with Crippen molar-refractivity contribution >= 4 is 5.91 Å². The largest absolute Gasteiger partial charge is 0.347 e. The summed E-state index contributed by atoms with van der Waals surface area (Å²) in [5.74, 6) is -0.357. The predicted molar refractivity (Wildman–Crippen MR) is 88.5 cm³/mol. The number of hydrogen-bond acceptors (Lipinski definition) is 1. The van der Waals surface area contributed by atoms with Crippen LogP contribution in [0, 0.1) is 19.7 Å². The van der Waals surface area contributed by atoms with Crippen molar-refractivity contribution in [1.29, 1.82) is 0 Å². The smallest absolute Gasteiger partial charge is 0.251 e. The van der Waals surface area contributed by atoms with Crippen LogP contribution in [-0.2, 0) is 0 Å². The first-order valence-electron chi connectivity index (χ1n) is 7.36. The van der Waals surface area contributed by atoms with Gasteiger partial charge in [-0.05, 0) is 75.1 Å². The maximum Gasteiger partial charge on any atom is 0.251 e. The molecule has 2 rings (SSSR count). The van der Waals surface area contributed by atoms with E-state index in [2.05, 4.69) is 5.32 Å². The van der Waals surface area contributed by atoms with Crippen LogP contribution in [-0.4, -0.2) is 11.4 Å². The first-order chi connectivity index (χ1) is 10.2. The second kappa shape index (κ2) is 5.91. The summed E-state index contributed by atoms with van der Waals surface area (Å²) in [6.07, 6.45) is 0. The van der Waals surface area contributed by atoms with Gasteiger partial charge in [-0.1, -0.05) is 18.2 Å². The highest BCUT2D eigenvalue weighted by molar-refractivity contribution is 5.96. The summed E-state index contributed by atoms with van der Waals surface area (Å²) in [6.45, 7) is 9.49. The van der Waals surface area contributed by atoms with E-state index < -0.39 is 0 Å². The number of rotatable bonds is 2. The summed E-state index contributed by atoms with van der Waals surface area (Å²) < 4.78 is 13.8. The van der Waals surface area contributed by atoms with Crippen molar-refractivity contribution in [3.05, 3.63) is 58.9 Å². The fraction of sp³-hybridized carbons (Fsp3) is 0.316. The van der Waals surface area contributed by atoms with E-state index in [4.69, 9.17) is 0 Å². The van der Waals surface area contributed by atoms with Gasteiger partial charge in [0.05, 0.1) is 0 Å². The molecule has 0 saturated carbocycles. The molecule has 0 radical (unpaired) electrons. The highest BCUT2D eigenvalue weighted by atomic mass is 19.1. The molecule has 2 nitrogen and oxygen atoms in total. The van der Waals surface area contributed by atoms with Crippen LogP contribution in [0.1, 0.15) is 42.3 Å². The van der Waals surface area contributed by atoms with Crippen LogP contribution in [0.4, 0.5) is 4.39 Å². The predicted octanol–water partition coefficient (Wildman–Crippen LogP) is 4.64. The number of nitrogens with one attached hydrogen (secondary N) is 1. The number of carbonyl (C=O) groups excluding carboxylic acids is 1. The third-order valence-corrected chi connectivity index (χ3v) is 3.33. The van der Waals surface area contributed by atoms with Crippen LogP contribution < -0.4 is 5.32 Å². The number of amides is 1. The molecule has 116 valence electrons. The summed E-state index contributed by atoms with van der Waals surface area (Å²) in [5.41, 5.74) is 3.50. The molecule has 0 atom stereocenters. The zero-order valence-corrected chi connectivity index (χ0v) is 13.8. The second-order valence-corrected chi connectivity index (χ2v) is 6.76. The zero-order valence-electron chi connectivity index (χ0n) is 13.8. The van der Waals surface area contributed by atoms with Crippen molar-refractivity contribution in [2.45, 2.75) is 40.2 Å². The van der Waals surface area contributed by atoms with E-state index >= 15 is 0 Å². The Hall–Kier alpha value is -2.16. The van der Waals surface area contributed by atoms with Crippen LogP contribution >= 0.6 is 0 Å². The quantitative estimate of drug-likeness (QED) is 0.860. The molecule has 1 N–H and O–H groups in total. The van der Waals surface area contributed by atoms with Gasteiger partial charge in [-0.3, -0.25) is 4.79 Å². The molecule has 0 aliphatic heterocycles. The van der Waals surface area contributed by atoms with E-state index in [9.17, 15) is 9.18 Å². The Morgan fingerprint density at radius 1 is 1.00 bits per heavy atom. The van der Waals surface area contributed by atoms with Gasteiger partial charge in [-0.2, -0.15) is 0 Å². The van der Waals surface area contributed by atoms with Crippen molar-refractivity contribution in [3.8, 4) is 11.1 Å². The lowest BCUT2D eigenvalue weighted by Gasteiger charge is -2.21. The van der Waals surface area contributed by atoms with Crippen LogP contribution in [0.2, 0.25) is 0 Å². The molecule has 0 aliphatic rings. The second-order valence-electron chi connectivity index (χ2n) is 6.76. The fourth-order valence-corrected chi connectivity index (χ4v) is 2.27. The van der Waals surface area contributed by atoms with Gasteiger partial charge in [0.15, 0.2) is 0 Å². The highest BCUT2D eigenvalue weighted by Gasteiger charge is 2.16. The van der Waals surface area contributed by atoms with Gasteiger partial charge in [-0.25, -0.2) is 4.39 Å². The summed E-state index contributed by atoms with van der Waals surface area (Å²) in [7, 11) is 0. The summed E-state index contributed by atoms with van der Waals surface area (Å²) >= 11 is 0. The van der Waals surface area contributed by atoms with Gasteiger partial charge >= 0.3 is 0 Å². The Morgan fingerprint density at radius 3 is 2.27 bits per heavy atom. The minimum atomic E-state index is -0.295. The first kappa shape index (κ1) is 16.2. The van der Waals surface area contributed by atoms with Crippen molar-refractivity contribution in [3.63, 3.8) is 0 Å². The van der Waals surface area contributed by atoms with Crippen LogP contribution in [0.3, 0.4) is 0 Å². The van der Waals surface area contributed by atoms with Gasteiger partial charge in [0, 0.05) is 11.1 Å². The van der Waals surface area contributed by atoms with Crippen molar-refractivity contribution in [2.75, 3.05) is 0 Å². The maximum absolute atomic E-state index is 13.8. The third kappa shape index (κ3) is 3.94. The van der Waals surface area contributed by atoms with E-state index in [-0.39, 0.29) is 17.3 Å². The highest BCUT2D eigenvalue weighted by Crippen LogP contribution is 2.24. The van der Waals surface area contributed by atoms with Crippen molar-refractivity contribution < 1.29 is 9.18 Å². The summed E-state index contributed by atoms with van der Waals surface area (Å²) in [4.78, 5) is 12.3. The Kier molecular flexibility index (Phi) is 4.36. The van der Waals surface area contributed by atoms with E-state index in [1.165, 1.54) is 6.07 Å². The minimum absolute atomic E-state index is 0.120. The lowest BCUT2D eigenvalue weighted by Crippen LogP contribution is -2.40. The molecule has 1 amide bonds. The molecule has 2 aromatic rings. The van der Waals surface area contributed by atoms with Gasteiger partial charge in [0.1, 0.15) is 5.82 Å². The SMILES string of the molecule is Cc1cc(C(=O)NC(C)(C)C)cc(-c2ccc(C)c(F)c2)c1. The van der Waals surface area contributed by atoms with E-state index in [0.717, 1.165) is 16.7 Å².